The highest BCUT2D eigenvalue weighted by molar-refractivity contribution is 7.80. The van der Waals surface area contributed by atoms with Crippen LogP contribution in [0, 0.1) is 17.8 Å². The fourth-order valence-corrected chi connectivity index (χ4v) is 1.78. The summed E-state index contributed by atoms with van der Waals surface area (Å²) in [6.45, 7) is 9.56. The zero-order chi connectivity index (χ0) is 14.6. The molecule has 0 radical (unpaired) electrons. The average molecular weight is 270 g/mol. The van der Waals surface area contributed by atoms with Gasteiger partial charge in [0, 0.05) is 19.9 Å². The molecule has 0 aliphatic heterocycles. The molecule has 4 nitrogen and oxygen atoms in total. The van der Waals surface area contributed by atoms with Crippen LogP contribution >= 0.6 is 12.2 Å². The Labute approximate surface area is 116 Å². The smallest absolute Gasteiger partial charge is 0.230 e. The van der Waals surface area contributed by atoms with Gasteiger partial charge in [-0.05, 0) is 24.1 Å². The average Bonchev–Trinajstić information content (AvgIpc) is 2.32. The van der Waals surface area contributed by atoms with Crippen molar-refractivity contribution >= 4 is 37.1 Å². The minimum Gasteiger partial charge on any atom is -0.342 e. The lowest BCUT2D eigenvalue weighted by Gasteiger charge is -2.30. The van der Waals surface area contributed by atoms with Gasteiger partial charge in [0.2, 0.25) is 19.8 Å². The van der Waals surface area contributed by atoms with Crippen molar-refractivity contribution in [2.75, 3.05) is 7.05 Å². The number of rotatable bonds is 3. The van der Waals surface area contributed by atoms with E-state index in [4.69, 9.17) is 12.2 Å². The molecule has 0 aliphatic rings. The second-order valence-electron chi connectivity index (χ2n) is 5.15. The van der Waals surface area contributed by atoms with Crippen LogP contribution in [-0.4, -0.2) is 41.7 Å². The van der Waals surface area contributed by atoms with E-state index in [0.717, 1.165) is 0 Å². The Kier molecular flexibility index (Phi) is 6.53. The van der Waals surface area contributed by atoms with Gasteiger partial charge in [-0.25, -0.2) is 0 Å². The highest BCUT2D eigenvalue weighted by Crippen LogP contribution is 2.21. The van der Waals surface area contributed by atoms with Crippen molar-refractivity contribution in [2.24, 2.45) is 17.8 Å². The number of thiocarbonyl (C=S) groups is 1. The van der Waals surface area contributed by atoms with Gasteiger partial charge in [-0.3, -0.25) is 14.5 Å². The van der Waals surface area contributed by atoms with Crippen LogP contribution in [0.15, 0.2) is 0 Å². The van der Waals surface area contributed by atoms with E-state index in [9.17, 15) is 9.59 Å². The molecule has 2 unspecified atom stereocenters. The molecule has 0 spiro atoms. The molecule has 0 saturated heterocycles. The van der Waals surface area contributed by atoms with Gasteiger partial charge in [-0.15, -0.1) is 0 Å². The number of carbonyl (C=O) groups excluding carboxylic acids is 2. The quantitative estimate of drug-likeness (QED) is 0.568. The fourth-order valence-electron chi connectivity index (χ4n) is 1.56. The first-order valence-corrected chi connectivity index (χ1v) is 6.57. The number of hydrogen-bond acceptors (Lipinski definition) is 3. The Morgan fingerprint density at radius 1 is 1.17 bits per heavy atom. The summed E-state index contributed by atoms with van der Waals surface area (Å²) in [7, 11) is 3.19. The molecule has 0 fully saturated rings. The van der Waals surface area contributed by atoms with E-state index in [1.165, 1.54) is 16.6 Å². The van der Waals surface area contributed by atoms with Crippen molar-refractivity contribution in [3.63, 3.8) is 0 Å². The highest BCUT2D eigenvalue weighted by Gasteiger charge is 2.28. The Morgan fingerprint density at radius 3 is 1.94 bits per heavy atom. The Hall–Kier alpha value is -0.905. The van der Waals surface area contributed by atoms with Gasteiger partial charge in [0.05, 0.1) is 0 Å². The van der Waals surface area contributed by atoms with E-state index in [0.29, 0.717) is 5.92 Å². The molecule has 0 rings (SSSR count). The SMILES string of the molecule is BN(C(=O)C(C)C(C)C(C)C)C(=S)N(C)C(C)=O. The molecular formula is C12H23BN2O2S. The molecule has 0 saturated carbocycles. The molecule has 6 heteroatoms. The van der Waals surface area contributed by atoms with Crippen LogP contribution in [0.5, 0.6) is 0 Å². The van der Waals surface area contributed by atoms with Crippen LogP contribution in [0.25, 0.3) is 0 Å². The van der Waals surface area contributed by atoms with Gasteiger partial charge in [-0.1, -0.05) is 27.7 Å². The van der Waals surface area contributed by atoms with Crippen molar-refractivity contribution in [1.82, 2.24) is 9.71 Å². The summed E-state index contributed by atoms with van der Waals surface area (Å²) in [4.78, 5) is 26.2. The van der Waals surface area contributed by atoms with Gasteiger partial charge in [-0.2, -0.15) is 0 Å². The molecule has 0 aromatic carbocycles. The lowest BCUT2D eigenvalue weighted by atomic mass is 9.85. The van der Waals surface area contributed by atoms with Crippen molar-refractivity contribution in [2.45, 2.75) is 34.6 Å². The highest BCUT2D eigenvalue weighted by atomic mass is 32.1. The largest absolute Gasteiger partial charge is 0.342 e. The maximum atomic E-state index is 12.3. The molecule has 0 aliphatic carbocycles. The van der Waals surface area contributed by atoms with Crippen LogP contribution in [0.3, 0.4) is 0 Å². The standard InChI is InChI=1S/C12H23BN2O2S/c1-7(2)8(3)9(4)11(17)15(13)12(18)14(6)10(5)16/h7-9H,13H2,1-6H3. The summed E-state index contributed by atoms with van der Waals surface area (Å²) in [6, 6.07) is 0. The Morgan fingerprint density at radius 2 is 1.61 bits per heavy atom. The van der Waals surface area contributed by atoms with Gasteiger partial charge >= 0.3 is 0 Å². The van der Waals surface area contributed by atoms with Crippen molar-refractivity contribution in [3.05, 3.63) is 0 Å². The number of hydrogen-bond donors (Lipinski definition) is 0. The van der Waals surface area contributed by atoms with Gasteiger partial charge < -0.3 is 4.81 Å². The first kappa shape index (κ1) is 17.1. The lowest BCUT2D eigenvalue weighted by molar-refractivity contribution is -0.130. The molecule has 0 heterocycles. The first-order chi connectivity index (χ1) is 8.11. The summed E-state index contributed by atoms with van der Waals surface area (Å²) < 4.78 is 0. The minimum absolute atomic E-state index is 0.0469. The van der Waals surface area contributed by atoms with E-state index in [2.05, 4.69) is 20.8 Å². The summed E-state index contributed by atoms with van der Waals surface area (Å²) in [6.07, 6.45) is 0. The molecule has 102 valence electrons. The maximum Gasteiger partial charge on any atom is 0.230 e. The van der Waals surface area contributed by atoms with Gasteiger partial charge in [0.25, 0.3) is 0 Å². The summed E-state index contributed by atoms with van der Waals surface area (Å²) in [5, 5.41) is 0.246. The van der Waals surface area contributed by atoms with E-state index in [-0.39, 0.29) is 28.8 Å². The lowest BCUT2D eigenvalue weighted by Crippen LogP contribution is -2.47. The number of nitrogens with zero attached hydrogens (tertiary/aromatic N) is 2. The van der Waals surface area contributed by atoms with E-state index in [1.54, 1.807) is 15.0 Å². The molecule has 0 N–H and O–H groups in total. The second kappa shape index (κ2) is 6.88. The third-order valence-electron chi connectivity index (χ3n) is 3.61. The van der Waals surface area contributed by atoms with Gasteiger partial charge in [0.15, 0.2) is 5.11 Å². The normalized spacial score (nSPS) is 13.9. The Balaban J connectivity index is 4.79. The predicted octanol–water partition coefficient (Wildman–Crippen LogP) is 1.05. The van der Waals surface area contributed by atoms with Gasteiger partial charge in [0.1, 0.15) is 0 Å². The summed E-state index contributed by atoms with van der Waals surface area (Å²) >= 11 is 5.13. The van der Waals surface area contributed by atoms with E-state index >= 15 is 0 Å². The van der Waals surface area contributed by atoms with Crippen LogP contribution < -0.4 is 0 Å². The number of carbonyl (C=O) groups is 2. The van der Waals surface area contributed by atoms with Crippen LogP contribution in [0.1, 0.15) is 34.6 Å². The van der Waals surface area contributed by atoms with E-state index < -0.39 is 0 Å². The molecular weight excluding hydrogens is 247 g/mol. The first-order valence-electron chi connectivity index (χ1n) is 6.17. The zero-order valence-electron chi connectivity index (χ0n) is 12.4. The molecule has 0 aromatic heterocycles. The fraction of sp³-hybridized carbons (Fsp3) is 0.750. The second-order valence-corrected chi connectivity index (χ2v) is 5.51. The van der Waals surface area contributed by atoms with Crippen LogP contribution in [0.4, 0.5) is 0 Å². The molecule has 18 heavy (non-hydrogen) atoms. The zero-order valence-corrected chi connectivity index (χ0v) is 13.2. The minimum atomic E-state index is -0.177. The summed E-state index contributed by atoms with van der Waals surface area (Å²) in [5.74, 6) is 0.355. The third-order valence-corrected chi connectivity index (χ3v) is 4.15. The molecule has 2 amide bonds. The maximum absolute atomic E-state index is 12.3. The van der Waals surface area contributed by atoms with Crippen molar-refractivity contribution in [1.29, 1.82) is 0 Å². The molecule has 0 bridgehead atoms. The van der Waals surface area contributed by atoms with Crippen molar-refractivity contribution < 1.29 is 9.59 Å². The third kappa shape index (κ3) is 4.08. The van der Waals surface area contributed by atoms with Crippen molar-refractivity contribution in [3.8, 4) is 0 Å². The predicted molar refractivity (Wildman–Crippen MR) is 79.6 cm³/mol. The van der Waals surface area contributed by atoms with Crippen LogP contribution in [-0.2, 0) is 9.59 Å². The summed E-state index contributed by atoms with van der Waals surface area (Å²) in [5.41, 5.74) is 0. The molecule has 2 atom stereocenters. The topological polar surface area (TPSA) is 40.6 Å². The Bertz CT molecular complexity index is 347. The van der Waals surface area contributed by atoms with Crippen LogP contribution in [0.2, 0.25) is 0 Å². The molecule has 0 aromatic rings. The van der Waals surface area contributed by atoms with E-state index in [1.807, 2.05) is 6.92 Å². The monoisotopic (exact) mass is 270 g/mol. The number of amides is 2.